The lowest BCUT2D eigenvalue weighted by Gasteiger charge is -2.16. The summed E-state index contributed by atoms with van der Waals surface area (Å²) < 4.78 is 61.1. The number of rotatable bonds is 8. The van der Waals surface area contributed by atoms with Crippen LogP contribution in [0.3, 0.4) is 0 Å². The van der Waals surface area contributed by atoms with Crippen LogP contribution in [-0.4, -0.2) is 39.8 Å². The van der Waals surface area contributed by atoms with Crippen molar-refractivity contribution in [1.82, 2.24) is 9.62 Å². The topological polar surface area (TPSA) is 75.7 Å². The van der Waals surface area contributed by atoms with Crippen LogP contribution in [0.4, 0.5) is 8.78 Å². The Kier molecular flexibility index (Phi) is 8.26. The Hall–Kier alpha value is -2.57. The van der Waals surface area contributed by atoms with Crippen LogP contribution in [0, 0.1) is 15.2 Å². The van der Waals surface area contributed by atoms with Crippen molar-refractivity contribution in [3.05, 3.63) is 92.1 Å². The number of hydrogen-bond donors (Lipinski definition) is 1. The van der Waals surface area contributed by atoms with E-state index in [1.807, 2.05) is 22.6 Å². The molecule has 3 aromatic rings. The lowest BCUT2D eigenvalue weighted by atomic mass is 9.97. The van der Waals surface area contributed by atoms with E-state index in [9.17, 15) is 22.0 Å². The van der Waals surface area contributed by atoms with Gasteiger partial charge in [-0.05, 0) is 69.6 Å². The molecule has 0 unspecified atom stereocenters. The fourth-order valence-electron chi connectivity index (χ4n) is 3.27. The molecular weight excluding hydrogens is 577 g/mol. The first-order valence-corrected chi connectivity index (χ1v) is 12.8. The Bertz CT molecular complexity index is 1330. The summed E-state index contributed by atoms with van der Waals surface area (Å²) in [5.74, 6) is -1.73. The lowest BCUT2D eigenvalue weighted by molar-refractivity contribution is 0.0960. The molecule has 0 heterocycles. The molecule has 6 nitrogen and oxygen atoms in total. The van der Waals surface area contributed by atoms with Crippen LogP contribution in [0.15, 0.2) is 54.6 Å². The third kappa shape index (κ3) is 6.30. The minimum absolute atomic E-state index is 0.0270. The maximum absolute atomic E-state index is 14.5. The van der Waals surface area contributed by atoms with E-state index in [4.69, 9.17) is 4.74 Å². The zero-order valence-electron chi connectivity index (χ0n) is 18.7. The molecule has 3 aromatic carbocycles. The van der Waals surface area contributed by atoms with Gasteiger partial charge in [0.05, 0.1) is 11.3 Å². The molecule has 0 aliphatic heterocycles. The summed E-state index contributed by atoms with van der Waals surface area (Å²) in [4.78, 5) is 12.7. The number of amides is 1. The summed E-state index contributed by atoms with van der Waals surface area (Å²) in [6.45, 7) is 0. The number of ether oxygens (including phenoxy) is 1. The first kappa shape index (κ1) is 26.0. The smallest absolute Gasteiger partial charge is 0.255 e. The summed E-state index contributed by atoms with van der Waals surface area (Å²) in [7, 11) is 0.805. The Labute approximate surface area is 211 Å². The number of nitrogens with one attached hydrogen (secondary N) is 1. The van der Waals surface area contributed by atoms with Gasteiger partial charge in [0, 0.05) is 37.2 Å². The molecule has 0 radical (unpaired) electrons. The van der Waals surface area contributed by atoms with Crippen molar-refractivity contribution in [2.45, 2.75) is 12.2 Å². The van der Waals surface area contributed by atoms with E-state index >= 15 is 0 Å². The zero-order chi connectivity index (χ0) is 25.0. The van der Waals surface area contributed by atoms with E-state index in [1.165, 1.54) is 39.3 Å². The van der Waals surface area contributed by atoms with Gasteiger partial charge < -0.3 is 10.1 Å². The normalized spacial score (nSPS) is 11.5. The number of halogens is 3. The summed E-state index contributed by atoms with van der Waals surface area (Å²) in [5.41, 5.74) is 1.08. The van der Waals surface area contributed by atoms with Gasteiger partial charge in [-0.1, -0.05) is 18.2 Å². The quantitative estimate of drug-likeness (QED) is 0.381. The predicted molar refractivity (Wildman–Crippen MR) is 135 cm³/mol. The standard InChI is InChI=1S/C24H23F2IN2O4S/c1-28-24(30)23-17(10-16-7-8-19(27)13-21(16)26)11-18(25)12-22(23)33-20-6-4-5-15(9-20)14-34(31,32)29(2)3/h4-9,11-13H,10,14H2,1-3H3,(H,28,30). The molecule has 0 aliphatic rings. The second-order valence-corrected chi connectivity index (χ2v) is 11.1. The van der Waals surface area contributed by atoms with Crippen LogP contribution < -0.4 is 10.1 Å². The van der Waals surface area contributed by atoms with Crippen LogP contribution in [0.1, 0.15) is 27.0 Å². The summed E-state index contributed by atoms with van der Waals surface area (Å²) in [5, 5.41) is 2.51. The average Bonchev–Trinajstić information content (AvgIpc) is 2.75. The highest BCUT2D eigenvalue weighted by molar-refractivity contribution is 14.1. The second-order valence-electron chi connectivity index (χ2n) is 7.72. The van der Waals surface area contributed by atoms with Crippen molar-refractivity contribution in [2.24, 2.45) is 0 Å². The van der Waals surface area contributed by atoms with Gasteiger partial charge in [0.25, 0.3) is 5.91 Å². The molecule has 0 bridgehead atoms. The van der Waals surface area contributed by atoms with Gasteiger partial charge in [0.1, 0.15) is 23.1 Å². The average molecular weight is 600 g/mol. The van der Waals surface area contributed by atoms with E-state index in [0.29, 0.717) is 14.7 Å². The van der Waals surface area contributed by atoms with Crippen LogP contribution in [-0.2, 0) is 22.2 Å². The van der Waals surface area contributed by atoms with Crippen molar-refractivity contribution >= 4 is 38.5 Å². The number of benzene rings is 3. The maximum atomic E-state index is 14.5. The van der Waals surface area contributed by atoms with Crippen LogP contribution in [0.25, 0.3) is 0 Å². The van der Waals surface area contributed by atoms with Crippen LogP contribution in [0.2, 0.25) is 0 Å². The number of hydrogen-bond acceptors (Lipinski definition) is 4. The van der Waals surface area contributed by atoms with Crippen molar-refractivity contribution in [3.63, 3.8) is 0 Å². The molecule has 0 atom stereocenters. The minimum Gasteiger partial charge on any atom is -0.456 e. The predicted octanol–water partition coefficient (Wildman–Crippen LogP) is 4.70. The Morgan fingerprint density at radius 3 is 2.44 bits per heavy atom. The first-order valence-electron chi connectivity index (χ1n) is 10.2. The van der Waals surface area contributed by atoms with Crippen molar-refractivity contribution in [1.29, 1.82) is 0 Å². The van der Waals surface area contributed by atoms with E-state index in [0.717, 1.165) is 10.4 Å². The zero-order valence-corrected chi connectivity index (χ0v) is 21.7. The molecular formula is C24H23F2IN2O4S. The van der Waals surface area contributed by atoms with E-state index < -0.39 is 27.6 Å². The minimum atomic E-state index is -3.50. The first-order chi connectivity index (χ1) is 16.0. The monoisotopic (exact) mass is 600 g/mol. The third-order valence-electron chi connectivity index (χ3n) is 5.03. The van der Waals surface area contributed by atoms with E-state index in [1.54, 1.807) is 30.3 Å². The number of sulfonamides is 1. The van der Waals surface area contributed by atoms with Crippen molar-refractivity contribution in [3.8, 4) is 11.5 Å². The van der Waals surface area contributed by atoms with E-state index in [-0.39, 0.29) is 34.8 Å². The number of nitrogens with zero attached hydrogens (tertiary/aromatic N) is 1. The fraction of sp³-hybridized carbons (Fsp3) is 0.208. The molecule has 10 heteroatoms. The Morgan fingerprint density at radius 2 is 1.79 bits per heavy atom. The van der Waals surface area contributed by atoms with Gasteiger partial charge in [-0.2, -0.15) is 0 Å². The van der Waals surface area contributed by atoms with Gasteiger partial charge in [-0.15, -0.1) is 0 Å². The molecule has 0 saturated heterocycles. The van der Waals surface area contributed by atoms with Gasteiger partial charge in [-0.25, -0.2) is 21.5 Å². The van der Waals surface area contributed by atoms with Crippen LogP contribution in [0.5, 0.6) is 11.5 Å². The summed E-state index contributed by atoms with van der Waals surface area (Å²) in [6, 6.07) is 13.2. The highest BCUT2D eigenvalue weighted by atomic mass is 127. The fourth-order valence-corrected chi connectivity index (χ4v) is 4.59. The second kappa shape index (κ2) is 10.8. The molecule has 0 aromatic heterocycles. The highest BCUT2D eigenvalue weighted by Crippen LogP contribution is 2.32. The van der Waals surface area contributed by atoms with E-state index in [2.05, 4.69) is 5.32 Å². The molecule has 34 heavy (non-hydrogen) atoms. The van der Waals surface area contributed by atoms with Gasteiger partial charge in [0.15, 0.2) is 0 Å². The Morgan fingerprint density at radius 1 is 1.06 bits per heavy atom. The lowest BCUT2D eigenvalue weighted by Crippen LogP contribution is -2.23. The molecule has 0 spiro atoms. The molecule has 0 fully saturated rings. The molecule has 0 aliphatic carbocycles. The highest BCUT2D eigenvalue weighted by Gasteiger charge is 2.21. The van der Waals surface area contributed by atoms with Crippen LogP contribution >= 0.6 is 22.6 Å². The van der Waals surface area contributed by atoms with Gasteiger partial charge in [0.2, 0.25) is 10.0 Å². The number of carbonyl (C=O) groups is 1. The molecule has 180 valence electrons. The molecule has 1 N–H and O–H groups in total. The Balaban J connectivity index is 2.02. The summed E-state index contributed by atoms with van der Waals surface area (Å²) >= 11 is 1.99. The molecule has 3 rings (SSSR count). The molecule has 1 amide bonds. The maximum Gasteiger partial charge on any atom is 0.255 e. The summed E-state index contributed by atoms with van der Waals surface area (Å²) in [6.07, 6.45) is -0.0270. The van der Waals surface area contributed by atoms with Crippen molar-refractivity contribution < 1.29 is 26.7 Å². The molecule has 0 saturated carbocycles. The third-order valence-corrected chi connectivity index (χ3v) is 7.51. The number of carbonyl (C=O) groups excluding carboxylic acids is 1. The SMILES string of the molecule is CNC(=O)c1c(Cc2ccc(I)cc2F)cc(F)cc1Oc1cccc(CS(=O)(=O)N(C)C)c1. The van der Waals surface area contributed by atoms with Gasteiger partial charge >= 0.3 is 0 Å². The van der Waals surface area contributed by atoms with Gasteiger partial charge in [-0.3, -0.25) is 4.79 Å². The largest absolute Gasteiger partial charge is 0.456 e. The van der Waals surface area contributed by atoms with Crippen molar-refractivity contribution in [2.75, 3.05) is 21.1 Å².